The molecule has 1 aromatic heterocycles. The van der Waals surface area contributed by atoms with Gasteiger partial charge in [0.2, 0.25) is 5.95 Å². The first kappa shape index (κ1) is 18.9. The van der Waals surface area contributed by atoms with Crippen LogP contribution in [0.3, 0.4) is 0 Å². The number of nitrogens with zero attached hydrogens (tertiary/aromatic N) is 2. The number of benzene rings is 2. The Morgan fingerprint density at radius 2 is 1.62 bits per heavy atom. The molecule has 3 rings (SSSR count). The lowest BCUT2D eigenvalue weighted by Crippen LogP contribution is -2.17. The lowest BCUT2D eigenvalue weighted by molar-refractivity contribution is 0.0963. The second kappa shape index (κ2) is 9.17. The minimum atomic E-state index is -0.0370. The van der Waals surface area contributed by atoms with Crippen molar-refractivity contribution in [3.05, 3.63) is 77.5 Å². The molecule has 0 aliphatic heterocycles. The summed E-state index contributed by atoms with van der Waals surface area (Å²) in [5.41, 5.74) is 9.25. The summed E-state index contributed by atoms with van der Waals surface area (Å²) in [6.07, 6.45) is 0. The average Bonchev–Trinajstić information content (AvgIpc) is 2.62. The Labute approximate surface area is 153 Å². The highest BCUT2D eigenvalue weighted by molar-refractivity contribution is 5.93. The summed E-state index contributed by atoms with van der Waals surface area (Å²) in [5, 5.41) is 5.72. The molecule has 6 nitrogen and oxygen atoms in total. The molecule has 1 amide bonds. The van der Waals surface area contributed by atoms with Crippen LogP contribution in [0.2, 0.25) is 0 Å². The minimum Gasteiger partial charge on any atom is -0.368 e. The molecule has 0 unspecified atom stereocenters. The fourth-order valence-electron chi connectivity index (χ4n) is 2.17. The maximum atomic E-state index is 11.0. The Morgan fingerprint density at radius 1 is 0.962 bits per heavy atom. The molecule has 3 aromatic rings. The quantitative estimate of drug-likeness (QED) is 0.673. The third-order valence-corrected chi connectivity index (χ3v) is 3.46. The third-order valence-electron chi connectivity index (χ3n) is 3.46. The molecule has 26 heavy (non-hydrogen) atoms. The number of hydrogen-bond acceptors (Lipinski definition) is 5. The highest BCUT2D eigenvalue weighted by atomic mass is 16.1. The lowest BCUT2D eigenvalue weighted by atomic mass is 10.1. The Kier molecular flexibility index (Phi) is 6.68. The molecule has 0 aliphatic rings. The highest BCUT2D eigenvalue weighted by Crippen LogP contribution is 2.14. The van der Waals surface area contributed by atoms with Gasteiger partial charge in [0, 0.05) is 30.1 Å². The van der Waals surface area contributed by atoms with Gasteiger partial charge in [-0.25, -0.2) is 4.98 Å². The zero-order valence-electron chi connectivity index (χ0n) is 15.2. The molecular formula is C20H23N5O. The van der Waals surface area contributed by atoms with Crippen molar-refractivity contribution in [3.8, 4) is 0 Å². The van der Waals surface area contributed by atoms with Gasteiger partial charge in [-0.3, -0.25) is 4.79 Å². The van der Waals surface area contributed by atoms with Gasteiger partial charge in [0.05, 0.1) is 0 Å². The monoisotopic (exact) mass is 349 g/mol. The molecule has 0 spiro atoms. The van der Waals surface area contributed by atoms with Crippen molar-refractivity contribution >= 4 is 23.4 Å². The highest BCUT2D eigenvalue weighted by Gasteiger charge is 2.00. The van der Waals surface area contributed by atoms with Crippen molar-refractivity contribution in [1.29, 1.82) is 0 Å². The molecule has 1 heterocycles. The number of hydrogen-bond donors (Lipinski definition) is 3. The first-order valence-corrected chi connectivity index (χ1v) is 8.20. The van der Waals surface area contributed by atoms with Crippen LogP contribution in [0.1, 0.15) is 21.6 Å². The van der Waals surface area contributed by atoms with Crippen molar-refractivity contribution in [2.24, 2.45) is 0 Å². The topological polar surface area (TPSA) is 92.9 Å². The van der Waals surface area contributed by atoms with Crippen molar-refractivity contribution < 1.29 is 4.79 Å². The van der Waals surface area contributed by atoms with Crippen molar-refractivity contribution in [3.63, 3.8) is 0 Å². The van der Waals surface area contributed by atoms with Gasteiger partial charge in [0.15, 0.2) is 0 Å². The number of aryl methyl sites for hydroxylation is 2. The number of anilines is 3. The summed E-state index contributed by atoms with van der Waals surface area (Å²) < 4.78 is 0. The molecule has 0 saturated carbocycles. The molecule has 0 fully saturated rings. The zero-order valence-corrected chi connectivity index (χ0v) is 15.2. The number of carbonyl (C=O) groups excluding carboxylic acids is 1. The van der Waals surface area contributed by atoms with E-state index in [0.717, 1.165) is 16.9 Å². The van der Waals surface area contributed by atoms with Crippen LogP contribution in [-0.4, -0.2) is 22.9 Å². The predicted octanol–water partition coefficient (Wildman–Crippen LogP) is 3.47. The number of carbonyl (C=O) groups is 1. The van der Waals surface area contributed by atoms with Gasteiger partial charge in [0.25, 0.3) is 5.91 Å². The molecule has 134 valence electrons. The zero-order chi connectivity index (χ0) is 18.9. The van der Waals surface area contributed by atoms with Gasteiger partial charge >= 0.3 is 0 Å². The molecule has 0 saturated heterocycles. The standard InChI is InChI=1S/C11H12N4.C9H11NO/c1-8-7-10(15-11(12)13-8)14-9-5-3-2-4-6-9;1-7-3-5-8(6-4-7)9(11)10-2/h2-7H,1H3,(H3,12,13,14,15);3-6H,1-2H3,(H,10,11). The van der Waals surface area contributed by atoms with Crippen LogP contribution in [0, 0.1) is 13.8 Å². The number of amides is 1. The maximum Gasteiger partial charge on any atom is 0.251 e. The van der Waals surface area contributed by atoms with Crippen LogP contribution in [-0.2, 0) is 0 Å². The van der Waals surface area contributed by atoms with Crippen molar-refractivity contribution in [1.82, 2.24) is 15.3 Å². The summed E-state index contributed by atoms with van der Waals surface area (Å²) in [6.45, 7) is 3.88. The Balaban J connectivity index is 0.000000197. The van der Waals surface area contributed by atoms with E-state index in [1.54, 1.807) is 7.05 Å². The molecule has 2 aromatic carbocycles. The number of rotatable bonds is 3. The van der Waals surface area contributed by atoms with E-state index in [9.17, 15) is 4.79 Å². The Morgan fingerprint density at radius 3 is 2.19 bits per heavy atom. The van der Waals surface area contributed by atoms with Crippen LogP contribution >= 0.6 is 0 Å². The van der Waals surface area contributed by atoms with E-state index in [0.29, 0.717) is 11.4 Å². The lowest BCUT2D eigenvalue weighted by Gasteiger charge is -2.06. The molecule has 0 bridgehead atoms. The van der Waals surface area contributed by atoms with Gasteiger partial charge in [-0.1, -0.05) is 35.9 Å². The van der Waals surface area contributed by atoms with E-state index in [1.807, 2.05) is 74.5 Å². The number of para-hydroxylation sites is 1. The largest absolute Gasteiger partial charge is 0.368 e. The third kappa shape index (κ3) is 5.90. The number of aromatic nitrogens is 2. The molecule has 0 atom stereocenters. The first-order chi connectivity index (χ1) is 12.5. The molecule has 0 aliphatic carbocycles. The second-order valence-electron chi connectivity index (χ2n) is 5.69. The van der Waals surface area contributed by atoms with E-state index >= 15 is 0 Å². The van der Waals surface area contributed by atoms with Gasteiger partial charge in [-0.15, -0.1) is 0 Å². The number of nitrogens with two attached hydrogens (primary N) is 1. The summed E-state index contributed by atoms with van der Waals surface area (Å²) >= 11 is 0. The van der Waals surface area contributed by atoms with Gasteiger partial charge in [-0.2, -0.15) is 4.98 Å². The summed E-state index contributed by atoms with van der Waals surface area (Å²) in [5.74, 6) is 0.963. The SMILES string of the molecule is CNC(=O)c1ccc(C)cc1.Cc1cc(Nc2ccccc2)nc(N)n1. The smallest absolute Gasteiger partial charge is 0.251 e. The maximum absolute atomic E-state index is 11.0. The van der Waals surface area contributed by atoms with E-state index in [1.165, 1.54) is 0 Å². The van der Waals surface area contributed by atoms with Crippen LogP contribution in [0.25, 0.3) is 0 Å². The Bertz CT molecular complexity index is 828. The molecule has 6 heteroatoms. The summed E-state index contributed by atoms with van der Waals surface area (Å²) in [6, 6.07) is 19.1. The second-order valence-corrected chi connectivity index (χ2v) is 5.69. The van der Waals surface area contributed by atoms with Crippen molar-refractivity contribution in [2.75, 3.05) is 18.1 Å². The fraction of sp³-hybridized carbons (Fsp3) is 0.150. The Hall–Kier alpha value is -3.41. The van der Waals surface area contributed by atoms with E-state index in [4.69, 9.17) is 5.73 Å². The fourth-order valence-corrected chi connectivity index (χ4v) is 2.17. The van der Waals surface area contributed by atoms with Crippen molar-refractivity contribution in [2.45, 2.75) is 13.8 Å². The van der Waals surface area contributed by atoms with E-state index in [2.05, 4.69) is 20.6 Å². The normalized spacial score (nSPS) is 9.65. The van der Waals surface area contributed by atoms with E-state index < -0.39 is 0 Å². The van der Waals surface area contributed by atoms with Crippen LogP contribution in [0.15, 0.2) is 60.7 Å². The molecule has 4 N–H and O–H groups in total. The number of nitrogen functional groups attached to an aromatic ring is 1. The molecule has 0 radical (unpaired) electrons. The van der Waals surface area contributed by atoms with Gasteiger partial charge in [-0.05, 0) is 38.1 Å². The molecular weight excluding hydrogens is 326 g/mol. The van der Waals surface area contributed by atoms with Gasteiger partial charge < -0.3 is 16.4 Å². The predicted molar refractivity (Wildman–Crippen MR) is 105 cm³/mol. The first-order valence-electron chi connectivity index (χ1n) is 8.20. The van der Waals surface area contributed by atoms with E-state index in [-0.39, 0.29) is 11.9 Å². The van der Waals surface area contributed by atoms with Crippen LogP contribution in [0.5, 0.6) is 0 Å². The van der Waals surface area contributed by atoms with Gasteiger partial charge in [0.1, 0.15) is 5.82 Å². The average molecular weight is 349 g/mol. The summed E-state index contributed by atoms with van der Waals surface area (Å²) in [4.78, 5) is 19.1. The van der Waals surface area contributed by atoms with Crippen LogP contribution < -0.4 is 16.4 Å². The summed E-state index contributed by atoms with van der Waals surface area (Å²) in [7, 11) is 1.63. The minimum absolute atomic E-state index is 0.0370. The van der Waals surface area contributed by atoms with Crippen LogP contribution in [0.4, 0.5) is 17.5 Å². The number of nitrogens with one attached hydrogen (secondary N) is 2.